The second kappa shape index (κ2) is 7.35. The SMILES string of the molecule is COc1ccc(C2CCCN2C(=O)C2=Cc3ccccc3OC2)c(OC)c1. The molecule has 0 radical (unpaired) electrons. The molecule has 2 aromatic rings. The number of amides is 1. The summed E-state index contributed by atoms with van der Waals surface area (Å²) in [5.41, 5.74) is 2.65. The summed E-state index contributed by atoms with van der Waals surface area (Å²) in [5, 5.41) is 0. The van der Waals surface area contributed by atoms with Gasteiger partial charge in [-0.3, -0.25) is 4.79 Å². The zero-order chi connectivity index (χ0) is 18.8. The van der Waals surface area contributed by atoms with Crippen molar-refractivity contribution in [3.63, 3.8) is 0 Å². The largest absolute Gasteiger partial charge is 0.497 e. The molecule has 0 aliphatic carbocycles. The maximum atomic E-state index is 13.2. The first kappa shape index (κ1) is 17.5. The smallest absolute Gasteiger partial charge is 0.253 e. The zero-order valence-corrected chi connectivity index (χ0v) is 15.6. The van der Waals surface area contributed by atoms with Crippen LogP contribution in [0.25, 0.3) is 6.08 Å². The minimum Gasteiger partial charge on any atom is -0.497 e. The summed E-state index contributed by atoms with van der Waals surface area (Å²) >= 11 is 0. The number of likely N-dealkylation sites (tertiary alicyclic amines) is 1. The molecule has 5 nitrogen and oxygen atoms in total. The van der Waals surface area contributed by atoms with E-state index in [1.165, 1.54) is 0 Å². The highest BCUT2D eigenvalue weighted by Crippen LogP contribution is 2.40. The van der Waals surface area contributed by atoms with E-state index in [1.54, 1.807) is 14.2 Å². The molecule has 2 heterocycles. The van der Waals surface area contributed by atoms with Crippen molar-refractivity contribution in [2.45, 2.75) is 18.9 Å². The Kier molecular flexibility index (Phi) is 4.75. The Bertz CT molecular complexity index is 890. The number of benzene rings is 2. The van der Waals surface area contributed by atoms with Gasteiger partial charge in [0.05, 0.1) is 25.8 Å². The van der Waals surface area contributed by atoms with E-state index < -0.39 is 0 Å². The Labute approximate surface area is 159 Å². The third-order valence-corrected chi connectivity index (χ3v) is 5.22. The van der Waals surface area contributed by atoms with Crippen molar-refractivity contribution in [1.82, 2.24) is 4.90 Å². The monoisotopic (exact) mass is 365 g/mol. The van der Waals surface area contributed by atoms with Gasteiger partial charge < -0.3 is 19.1 Å². The normalized spacial score (nSPS) is 18.4. The molecule has 1 unspecified atom stereocenters. The highest BCUT2D eigenvalue weighted by Gasteiger charge is 2.34. The molecular formula is C22H23NO4. The molecule has 1 atom stereocenters. The van der Waals surface area contributed by atoms with Crippen molar-refractivity contribution >= 4 is 12.0 Å². The number of nitrogens with zero attached hydrogens (tertiary/aromatic N) is 1. The van der Waals surface area contributed by atoms with Crippen LogP contribution in [0, 0.1) is 0 Å². The number of carbonyl (C=O) groups excluding carboxylic acids is 1. The van der Waals surface area contributed by atoms with E-state index in [-0.39, 0.29) is 11.9 Å². The number of carbonyl (C=O) groups is 1. The first-order valence-corrected chi connectivity index (χ1v) is 9.16. The molecule has 0 saturated carbocycles. The summed E-state index contributed by atoms with van der Waals surface area (Å²) in [5.74, 6) is 2.35. The molecule has 5 heteroatoms. The van der Waals surface area contributed by atoms with Gasteiger partial charge in [0.15, 0.2) is 0 Å². The summed E-state index contributed by atoms with van der Waals surface area (Å²) in [6.07, 6.45) is 3.83. The summed E-state index contributed by atoms with van der Waals surface area (Å²) in [6.45, 7) is 1.04. The maximum Gasteiger partial charge on any atom is 0.253 e. The zero-order valence-electron chi connectivity index (χ0n) is 15.6. The molecule has 2 aliphatic heterocycles. The van der Waals surface area contributed by atoms with Crippen LogP contribution in [0.5, 0.6) is 17.2 Å². The lowest BCUT2D eigenvalue weighted by molar-refractivity contribution is -0.128. The van der Waals surface area contributed by atoms with Gasteiger partial charge in [-0.15, -0.1) is 0 Å². The summed E-state index contributed by atoms with van der Waals surface area (Å²) in [6, 6.07) is 13.6. The van der Waals surface area contributed by atoms with E-state index in [0.717, 1.165) is 47.8 Å². The molecular weight excluding hydrogens is 342 g/mol. The fourth-order valence-electron chi connectivity index (χ4n) is 3.85. The van der Waals surface area contributed by atoms with E-state index in [4.69, 9.17) is 14.2 Å². The lowest BCUT2D eigenvalue weighted by Gasteiger charge is -2.28. The number of fused-ring (bicyclic) bond motifs is 1. The van der Waals surface area contributed by atoms with Gasteiger partial charge in [-0.05, 0) is 37.1 Å². The number of hydrogen-bond acceptors (Lipinski definition) is 4. The average Bonchev–Trinajstić information content (AvgIpc) is 3.21. The molecule has 0 spiro atoms. The Morgan fingerprint density at radius 1 is 1.15 bits per heavy atom. The van der Waals surface area contributed by atoms with Gasteiger partial charge in [-0.1, -0.05) is 18.2 Å². The van der Waals surface area contributed by atoms with Gasteiger partial charge in [-0.2, -0.15) is 0 Å². The van der Waals surface area contributed by atoms with E-state index in [2.05, 4.69) is 0 Å². The Morgan fingerprint density at radius 3 is 2.81 bits per heavy atom. The lowest BCUT2D eigenvalue weighted by Crippen LogP contribution is -2.34. The Morgan fingerprint density at radius 2 is 2.00 bits per heavy atom. The van der Waals surface area contributed by atoms with Crippen LogP contribution >= 0.6 is 0 Å². The standard InChI is InChI=1S/C22H23NO4/c1-25-17-9-10-18(21(13-17)26-2)19-7-5-11-23(19)22(24)16-12-15-6-3-4-8-20(15)27-14-16/h3-4,6,8-10,12-13,19H,5,7,11,14H2,1-2H3. The molecule has 1 saturated heterocycles. The first-order valence-electron chi connectivity index (χ1n) is 9.16. The van der Waals surface area contributed by atoms with Crippen molar-refractivity contribution in [1.29, 1.82) is 0 Å². The minimum atomic E-state index is -0.00331. The molecule has 2 aliphatic rings. The van der Waals surface area contributed by atoms with Crippen LogP contribution in [0.3, 0.4) is 0 Å². The third kappa shape index (κ3) is 3.25. The van der Waals surface area contributed by atoms with E-state index in [1.807, 2.05) is 53.4 Å². The second-order valence-electron chi connectivity index (χ2n) is 6.76. The predicted molar refractivity (Wildman–Crippen MR) is 103 cm³/mol. The highest BCUT2D eigenvalue weighted by molar-refractivity contribution is 5.99. The first-order chi connectivity index (χ1) is 13.2. The molecule has 0 bridgehead atoms. The predicted octanol–water partition coefficient (Wildman–Crippen LogP) is 3.84. The maximum absolute atomic E-state index is 13.2. The topological polar surface area (TPSA) is 48.0 Å². The number of para-hydroxylation sites is 1. The van der Waals surface area contributed by atoms with Gasteiger partial charge >= 0.3 is 0 Å². The molecule has 2 aromatic carbocycles. The van der Waals surface area contributed by atoms with Crippen molar-refractivity contribution in [3.8, 4) is 17.2 Å². The van der Waals surface area contributed by atoms with Crippen molar-refractivity contribution in [3.05, 3.63) is 59.2 Å². The van der Waals surface area contributed by atoms with Crippen LogP contribution in [-0.4, -0.2) is 38.2 Å². The highest BCUT2D eigenvalue weighted by atomic mass is 16.5. The molecule has 1 fully saturated rings. The van der Waals surface area contributed by atoms with Crippen LogP contribution in [0.4, 0.5) is 0 Å². The minimum absolute atomic E-state index is 0.00331. The fraction of sp³-hybridized carbons (Fsp3) is 0.318. The number of ether oxygens (including phenoxy) is 3. The summed E-state index contributed by atoms with van der Waals surface area (Å²) < 4.78 is 16.6. The van der Waals surface area contributed by atoms with Crippen molar-refractivity contribution in [2.24, 2.45) is 0 Å². The molecule has 4 rings (SSSR count). The van der Waals surface area contributed by atoms with E-state index >= 15 is 0 Å². The van der Waals surface area contributed by atoms with E-state index in [0.29, 0.717) is 12.2 Å². The fourth-order valence-corrected chi connectivity index (χ4v) is 3.85. The van der Waals surface area contributed by atoms with Crippen LogP contribution in [0.1, 0.15) is 30.0 Å². The Balaban J connectivity index is 1.62. The third-order valence-electron chi connectivity index (χ3n) is 5.22. The molecule has 27 heavy (non-hydrogen) atoms. The number of methoxy groups -OCH3 is 2. The summed E-state index contributed by atoms with van der Waals surface area (Å²) in [4.78, 5) is 15.2. The second-order valence-corrected chi connectivity index (χ2v) is 6.76. The average molecular weight is 365 g/mol. The summed E-state index contributed by atoms with van der Waals surface area (Å²) in [7, 11) is 3.28. The molecule has 140 valence electrons. The van der Waals surface area contributed by atoms with Gasteiger partial charge in [0.25, 0.3) is 5.91 Å². The van der Waals surface area contributed by atoms with Gasteiger partial charge in [0.1, 0.15) is 23.9 Å². The van der Waals surface area contributed by atoms with Crippen LogP contribution in [0.15, 0.2) is 48.0 Å². The van der Waals surface area contributed by atoms with E-state index in [9.17, 15) is 4.79 Å². The quantitative estimate of drug-likeness (QED) is 0.826. The van der Waals surface area contributed by atoms with Gasteiger partial charge in [0, 0.05) is 23.7 Å². The lowest BCUT2D eigenvalue weighted by atomic mass is 10.0. The number of rotatable bonds is 4. The molecule has 1 amide bonds. The molecule has 0 N–H and O–H groups in total. The van der Waals surface area contributed by atoms with Crippen LogP contribution < -0.4 is 14.2 Å². The van der Waals surface area contributed by atoms with Crippen molar-refractivity contribution in [2.75, 3.05) is 27.4 Å². The molecule has 0 aromatic heterocycles. The van der Waals surface area contributed by atoms with Gasteiger partial charge in [-0.25, -0.2) is 0 Å². The van der Waals surface area contributed by atoms with Crippen LogP contribution in [0.2, 0.25) is 0 Å². The number of hydrogen-bond donors (Lipinski definition) is 0. The Hall–Kier alpha value is -2.95. The van der Waals surface area contributed by atoms with Crippen molar-refractivity contribution < 1.29 is 19.0 Å². The van der Waals surface area contributed by atoms with Crippen LogP contribution in [-0.2, 0) is 4.79 Å². The van der Waals surface area contributed by atoms with Gasteiger partial charge in [0.2, 0.25) is 0 Å².